The van der Waals surface area contributed by atoms with E-state index in [9.17, 15) is 4.79 Å². The molecule has 0 aliphatic rings. The third-order valence-corrected chi connectivity index (χ3v) is 4.62. The molecule has 1 aromatic carbocycles. The zero-order valence-corrected chi connectivity index (χ0v) is 13.4. The summed E-state index contributed by atoms with van der Waals surface area (Å²) in [4.78, 5) is 14.9. The number of hydrogen-bond acceptors (Lipinski definition) is 3. The van der Waals surface area contributed by atoms with Crippen LogP contribution in [0, 0.1) is 12.8 Å². The van der Waals surface area contributed by atoms with Crippen LogP contribution in [0.1, 0.15) is 35.5 Å². The zero-order valence-electron chi connectivity index (χ0n) is 12.6. The van der Waals surface area contributed by atoms with Crippen LogP contribution in [0.4, 0.5) is 5.69 Å². The van der Waals surface area contributed by atoms with Crippen molar-refractivity contribution in [2.45, 2.75) is 27.2 Å². The van der Waals surface area contributed by atoms with Gasteiger partial charge in [0.05, 0.1) is 5.69 Å². The highest BCUT2D eigenvalue weighted by molar-refractivity contribution is 7.21. The number of hydrogen-bond donors (Lipinski definition) is 1. The molecule has 2 aromatic rings. The highest BCUT2D eigenvalue weighted by Gasteiger charge is 2.19. The number of rotatable bonds is 4. The number of nitrogen functional groups attached to an aromatic ring is 1. The smallest absolute Gasteiger partial charge is 0.265 e. The van der Waals surface area contributed by atoms with Crippen LogP contribution in [-0.2, 0) is 0 Å². The van der Waals surface area contributed by atoms with Gasteiger partial charge in [0, 0.05) is 23.7 Å². The molecule has 0 radical (unpaired) electrons. The van der Waals surface area contributed by atoms with Crippen LogP contribution < -0.4 is 5.73 Å². The van der Waals surface area contributed by atoms with E-state index in [2.05, 4.69) is 19.9 Å². The lowest BCUT2D eigenvalue weighted by atomic mass is 10.1. The van der Waals surface area contributed by atoms with Crippen molar-refractivity contribution in [1.29, 1.82) is 0 Å². The summed E-state index contributed by atoms with van der Waals surface area (Å²) >= 11 is 1.49. The summed E-state index contributed by atoms with van der Waals surface area (Å²) in [5.74, 6) is 0.620. The second kappa shape index (κ2) is 5.83. The predicted molar refractivity (Wildman–Crippen MR) is 87.4 cm³/mol. The highest BCUT2D eigenvalue weighted by atomic mass is 32.1. The van der Waals surface area contributed by atoms with Gasteiger partial charge in [0.25, 0.3) is 5.91 Å². The van der Waals surface area contributed by atoms with E-state index < -0.39 is 0 Å². The van der Waals surface area contributed by atoms with Crippen LogP contribution >= 0.6 is 11.3 Å². The van der Waals surface area contributed by atoms with Crippen LogP contribution in [0.2, 0.25) is 0 Å². The normalized spacial score (nSPS) is 11.2. The minimum atomic E-state index is 0.0296. The number of carbonyl (C=O) groups excluding carboxylic acids is 1. The maximum absolute atomic E-state index is 12.5. The maximum Gasteiger partial charge on any atom is 0.265 e. The van der Waals surface area contributed by atoms with Gasteiger partial charge in [-0.15, -0.1) is 11.3 Å². The van der Waals surface area contributed by atoms with Gasteiger partial charge in [0.2, 0.25) is 0 Å². The zero-order chi connectivity index (χ0) is 14.9. The second-order valence-corrected chi connectivity index (χ2v) is 6.81. The number of aryl methyl sites for hydroxylation is 1. The predicted octanol–water partition coefficient (Wildman–Crippen LogP) is 3.91. The Bertz CT molecular complexity index is 631. The first-order chi connectivity index (χ1) is 9.40. The quantitative estimate of drug-likeness (QED) is 0.928. The van der Waals surface area contributed by atoms with Crippen LogP contribution in [-0.4, -0.2) is 24.4 Å². The summed E-state index contributed by atoms with van der Waals surface area (Å²) in [6.07, 6.45) is 1.01. The average Bonchev–Trinajstić information content (AvgIpc) is 2.71. The molecular weight excluding hydrogens is 268 g/mol. The monoisotopic (exact) mass is 290 g/mol. The Balaban J connectivity index is 2.28. The molecule has 1 heterocycles. The van der Waals surface area contributed by atoms with Gasteiger partial charge < -0.3 is 10.6 Å². The van der Waals surface area contributed by atoms with Crippen molar-refractivity contribution < 1.29 is 4.79 Å². The average molecular weight is 290 g/mol. The van der Waals surface area contributed by atoms with E-state index in [0.29, 0.717) is 16.5 Å². The van der Waals surface area contributed by atoms with Gasteiger partial charge in [-0.3, -0.25) is 4.79 Å². The lowest BCUT2D eigenvalue weighted by Gasteiger charge is -2.17. The summed E-state index contributed by atoms with van der Waals surface area (Å²) < 4.78 is 1.09. The van der Waals surface area contributed by atoms with E-state index in [1.165, 1.54) is 16.9 Å². The fourth-order valence-electron chi connectivity index (χ4n) is 2.11. The fraction of sp³-hybridized carbons (Fsp3) is 0.438. The van der Waals surface area contributed by atoms with Gasteiger partial charge >= 0.3 is 0 Å². The Kier molecular flexibility index (Phi) is 4.33. The topological polar surface area (TPSA) is 46.3 Å². The van der Waals surface area contributed by atoms with Gasteiger partial charge in [0.1, 0.15) is 4.88 Å². The molecule has 3 nitrogen and oxygen atoms in total. The molecule has 0 saturated carbocycles. The molecule has 0 atom stereocenters. The molecule has 1 amide bonds. The first-order valence-corrected chi connectivity index (χ1v) is 7.76. The Morgan fingerprint density at radius 3 is 2.75 bits per heavy atom. The summed E-state index contributed by atoms with van der Waals surface area (Å²) in [5.41, 5.74) is 7.95. The molecule has 2 N–H and O–H groups in total. The minimum Gasteiger partial charge on any atom is -0.397 e. The molecular formula is C16H22N2OS. The lowest BCUT2D eigenvalue weighted by Crippen LogP contribution is -2.28. The van der Waals surface area contributed by atoms with E-state index in [-0.39, 0.29) is 5.91 Å². The van der Waals surface area contributed by atoms with Gasteiger partial charge in [0.15, 0.2) is 0 Å². The van der Waals surface area contributed by atoms with Crippen molar-refractivity contribution in [3.63, 3.8) is 0 Å². The first-order valence-electron chi connectivity index (χ1n) is 6.94. The number of nitrogens with two attached hydrogens (primary N) is 1. The van der Waals surface area contributed by atoms with Crippen molar-refractivity contribution in [2.75, 3.05) is 19.3 Å². The van der Waals surface area contributed by atoms with Crippen molar-refractivity contribution in [3.8, 4) is 0 Å². The summed E-state index contributed by atoms with van der Waals surface area (Å²) in [6.45, 7) is 7.14. The number of benzene rings is 1. The van der Waals surface area contributed by atoms with E-state index >= 15 is 0 Å². The molecule has 0 aliphatic carbocycles. The number of amides is 1. The second-order valence-electron chi connectivity index (χ2n) is 5.75. The van der Waals surface area contributed by atoms with Crippen LogP contribution in [0.15, 0.2) is 18.2 Å². The summed E-state index contributed by atoms with van der Waals surface area (Å²) in [5, 5.41) is 0.987. The largest absolute Gasteiger partial charge is 0.397 e. The SMILES string of the molecule is Cc1ccc2c(N)c(C(=O)N(C)CCC(C)C)sc2c1. The highest BCUT2D eigenvalue weighted by Crippen LogP contribution is 2.34. The van der Waals surface area contributed by atoms with Gasteiger partial charge in [-0.2, -0.15) is 0 Å². The van der Waals surface area contributed by atoms with Crippen LogP contribution in [0.5, 0.6) is 0 Å². The number of anilines is 1. The number of fused-ring (bicyclic) bond motifs is 1. The van der Waals surface area contributed by atoms with E-state index in [1.54, 1.807) is 4.90 Å². The van der Waals surface area contributed by atoms with Crippen molar-refractivity contribution in [3.05, 3.63) is 28.6 Å². The third-order valence-electron chi connectivity index (χ3n) is 3.47. The molecule has 1 aromatic heterocycles. The van der Waals surface area contributed by atoms with Gasteiger partial charge in [-0.1, -0.05) is 26.0 Å². The van der Waals surface area contributed by atoms with Crippen molar-refractivity contribution in [2.24, 2.45) is 5.92 Å². The molecule has 4 heteroatoms. The first kappa shape index (κ1) is 14.9. The molecule has 0 fully saturated rings. The fourth-order valence-corrected chi connectivity index (χ4v) is 3.33. The summed E-state index contributed by atoms with van der Waals surface area (Å²) in [6, 6.07) is 6.12. The number of thiophene rings is 1. The Morgan fingerprint density at radius 2 is 2.10 bits per heavy atom. The Hall–Kier alpha value is -1.55. The van der Waals surface area contributed by atoms with E-state index in [4.69, 9.17) is 5.73 Å². The lowest BCUT2D eigenvalue weighted by molar-refractivity contribution is 0.0795. The minimum absolute atomic E-state index is 0.0296. The van der Waals surface area contributed by atoms with Crippen LogP contribution in [0.3, 0.4) is 0 Å². The standard InChI is InChI=1S/C16H22N2OS/c1-10(2)7-8-18(4)16(19)15-14(17)12-6-5-11(3)9-13(12)20-15/h5-6,9-10H,7-8,17H2,1-4H3. The molecule has 0 unspecified atom stereocenters. The van der Waals surface area contributed by atoms with Gasteiger partial charge in [-0.05, 0) is 30.9 Å². The van der Waals surface area contributed by atoms with E-state index in [1.807, 2.05) is 26.1 Å². The number of carbonyl (C=O) groups is 1. The molecule has 2 rings (SSSR count). The molecule has 20 heavy (non-hydrogen) atoms. The molecule has 0 bridgehead atoms. The number of nitrogens with zero attached hydrogens (tertiary/aromatic N) is 1. The van der Waals surface area contributed by atoms with Crippen molar-refractivity contribution in [1.82, 2.24) is 4.90 Å². The molecule has 0 spiro atoms. The summed E-state index contributed by atoms with van der Waals surface area (Å²) in [7, 11) is 1.85. The maximum atomic E-state index is 12.5. The Labute approximate surface area is 124 Å². The van der Waals surface area contributed by atoms with Crippen LogP contribution in [0.25, 0.3) is 10.1 Å². The third kappa shape index (κ3) is 2.96. The van der Waals surface area contributed by atoms with Crippen molar-refractivity contribution >= 4 is 33.0 Å². The molecule has 108 valence electrons. The van der Waals surface area contributed by atoms with Gasteiger partial charge in [-0.25, -0.2) is 0 Å². The molecule has 0 saturated heterocycles. The van der Waals surface area contributed by atoms with E-state index in [0.717, 1.165) is 23.1 Å². The molecule has 0 aliphatic heterocycles. The Morgan fingerprint density at radius 1 is 1.40 bits per heavy atom.